The minimum Gasteiger partial charge on any atom is -0.481 e. The van der Waals surface area contributed by atoms with Gasteiger partial charge in [0.05, 0.1) is 5.41 Å². The highest BCUT2D eigenvalue weighted by atomic mass is 16.4. The molecule has 0 heterocycles. The Morgan fingerprint density at radius 3 is 2.25 bits per heavy atom. The predicted molar refractivity (Wildman–Crippen MR) is 50.1 cm³/mol. The molecular weight excluding hydrogens is 152 g/mol. The van der Waals surface area contributed by atoms with Gasteiger partial charge in [-0.2, -0.15) is 0 Å². The van der Waals surface area contributed by atoms with Gasteiger partial charge in [-0.25, -0.2) is 0 Å². The lowest BCUT2D eigenvalue weighted by molar-refractivity contribution is -0.147. The summed E-state index contributed by atoms with van der Waals surface area (Å²) in [7, 11) is 0. The number of rotatable bonds is 4. The molecule has 2 nitrogen and oxygen atoms in total. The molecule has 2 heteroatoms. The topological polar surface area (TPSA) is 37.3 Å². The number of carboxylic acids is 1. The number of aliphatic carboxylic acids is 1. The molecule has 0 rings (SSSR count). The highest BCUT2D eigenvalue weighted by Crippen LogP contribution is 2.22. The van der Waals surface area contributed by atoms with Gasteiger partial charge in [0, 0.05) is 0 Å². The molecule has 0 aromatic heterocycles. The average molecular weight is 170 g/mol. The molecular formula is C10H18O2. The quantitative estimate of drug-likeness (QED) is 0.659. The third kappa shape index (κ3) is 4.16. The summed E-state index contributed by atoms with van der Waals surface area (Å²) in [6.45, 7) is 7.56. The Morgan fingerprint density at radius 2 is 1.92 bits per heavy atom. The smallest absolute Gasteiger partial charge is 0.309 e. The third-order valence-corrected chi connectivity index (χ3v) is 1.90. The van der Waals surface area contributed by atoms with E-state index in [2.05, 4.69) is 6.08 Å². The first kappa shape index (κ1) is 11.2. The van der Waals surface area contributed by atoms with Crippen LogP contribution in [-0.4, -0.2) is 11.1 Å². The molecule has 0 saturated carbocycles. The number of carboxylic acid groups (broad SMARTS) is 1. The fraction of sp³-hybridized carbons (Fsp3) is 0.700. The van der Waals surface area contributed by atoms with Crippen LogP contribution in [0.4, 0.5) is 0 Å². The molecule has 0 aliphatic heterocycles. The van der Waals surface area contributed by atoms with Crippen LogP contribution >= 0.6 is 0 Å². The van der Waals surface area contributed by atoms with Gasteiger partial charge in [0.2, 0.25) is 0 Å². The molecule has 0 fully saturated rings. The Hall–Kier alpha value is -0.790. The molecule has 0 unspecified atom stereocenters. The molecule has 0 aliphatic carbocycles. The molecule has 0 saturated heterocycles. The van der Waals surface area contributed by atoms with E-state index in [1.54, 1.807) is 13.8 Å². The van der Waals surface area contributed by atoms with Crippen molar-refractivity contribution in [1.82, 2.24) is 0 Å². The first-order chi connectivity index (χ1) is 5.36. The van der Waals surface area contributed by atoms with Crippen LogP contribution in [0.2, 0.25) is 0 Å². The molecule has 0 atom stereocenters. The van der Waals surface area contributed by atoms with Crippen molar-refractivity contribution in [3.8, 4) is 0 Å². The number of allylic oxidation sites excluding steroid dienone is 2. The molecule has 0 spiro atoms. The average Bonchev–Trinajstić information content (AvgIpc) is 1.85. The first-order valence-corrected chi connectivity index (χ1v) is 4.23. The molecule has 70 valence electrons. The zero-order valence-corrected chi connectivity index (χ0v) is 8.35. The summed E-state index contributed by atoms with van der Waals surface area (Å²) >= 11 is 0. The summed E-state index contributed by atoms with van der Waals surface area (Å²) in [4.78, 5) is 10.7. The highest BCUT2D eigenvalue weighted by molar-refractivity contribution is 5.73. The standard InChI is InChI=1S/C10H18O2/c1-8(2)6-5-7-10(3,4)9(11)12/h6H,5,7H2,1-4H3,(H,11,12). The minimum absolute atomic E-state index is 0.591. The summed E-state index contributed by atoms with van der Waals surface area (Å²) in [5, 5.41) is 8.79. The van der Waals surface area contributed by atoms with Crippen molar-refractivity contribution < 1.29 is 9.90 Å². The number of hydrogen-bond donors (Lipinski definition) is 1. The van der Waals surface area contributed by atoms with Gasteiger partial charge >= 0.3 is 5.97 Å². The maximum atomic E-state index is 10.7. The fourth-order valence-electron chi connectivity index (χ4n) is 0.829. The Bertz CT molecular complexity index is 186. The van der Waals surface area contributed by atoms with E-state index in [0.717, 1.165) is 6.42 Å². The van der Waals surface area contributed by atoms with E-state index >= 15 is 0 Å². The van der Waals surface area contributed by atoms with Gasteiger partial charge < -0.3 is 5.11 Å². The summed E-state index contributed by atoms with van der Waals surface area (Å²) in [5.41, 5.74) is 0.655. The van der Waals surface area contributed by atoms with Crippen molar-refractivity contribution in [2.75, 3.05) is 0 Å². The SMILES string of the molecule is CC(C)=CCCC(C)(C)C(=O)O. The second-order valence-electron chi connectivity index (χ2n) is 4.01. The van der Waals surface area contributed by atoms with Crippen LogP contribution in [0, 0.1) is 5.41 Å². The van der Waals surface area contributed by atoms with Crippen LogP contribution in [0.5, 0.6) is 0 Å². The molecule has 0 bridgehead atoms. The highest BCUT2D eigenvalue weighted by Gasteiger charge is 2.25. The van der Waals surface area contributed by atoms with Crippen molar-refractivity contribution in [3.63, 3.8) is 0 Å². The summed E-state index contributed by atoms with van der Waals surface area (Å²) < 4.78 is 0. The van der Waals surface area contributed by atoms with Gasteiger partial charge in [-0.3, -0.25) is 4.79 Å². The largest absolute Gasteiger partial charge is 0.481 e. The van der Waals surface area contributed by atoms with E-state index in [1.807, 2.05) is 13.8 Å². The maximum Gasteiger partial charge on any atom is 0.309 e. The van der Waals surface area contributed by atoms with Crippen molar-refractivity contribution >= 4 is 5.97 Å². The first-order valence-electron chi connectivity index (χ1n) is 4.23. The van der Waals surface area contributed by atoms with Crippen LogP contribution in [0.1, 0.15) is 40.5 Å². The molecule has 12 heavy (non-hydrogen) atoms. The molecule has 0 aromatic rings. The van der Waals surface area contributed by atoms with Crippen LogP contribution in [0.15, 0.2) is 11.6 Å². The number of carbonyl (C=O) groups is 1. The van der Waals surface area contributed by atoms with Crippen LogP contribution in [0.25, 0.3) is 0 Å². The van der Waals surface area contributed by atoms with Crippen LogP contribution in [-0.2, 0) is 4.79 Å². The van der Waals surface area contributed by atoms with E-state index in [4.69, 9.17) is 5.11 Å². The summed E-state index contributed by atoms with van der Waals surface area (Å²) in [6, 6.07) is 0. The van der Waals surface area contributed by atoms with Gasteiger partial charge in [0.15, 0.2) is 0 Å². The van der Waals surface area contributed by atoms with Gasteiger partial charge in [-0.1, -0.05) is 11.6 Å². The van der Waals surface area contributed by atoms with Crippen molar-refractivity contribution in [3.05, 3.63) is 11.6 Å². The lowest BCUT2D eigenvalue weighted by Gasteiger charge is -2.17. The third-order valence-electron chi connectivity index (χ3n) is 1.90. The predicted octanol–water partition coefficient (Wildman–Crippen LogP) is 2.84. The maximum absolute atomic E-state index is 10.7. The van der Waals surface area contributed by atoms with E-state index in [0.29, 0.717) is 6.42 Å². The Labute approximate surface area is 74.3 Å². The van der Waals surface area contributed by atoms with Crippen molar-refractivity contribution in [2.45, 2.75) is 40.5 Å². The zero-order chi connectivity index (χ0) is 9.78. The van der Waals surface area contributed by atoms with Crippen LogP contribution < -0.4 is 0 Å². The van der Waals surface area contributed by atoms with Crippen LogP contribution in [0.3, 0.4) is 0 Å². The van der Waals surface area contributed by atoms with Crippen molar-refractivity contribution in [1.29, 1.82) is 0 Å². The normalized spacial score (nSPS) is 11.0. The molecule has 0 aliphatic rings. The van der Waals surface area contributed by atoms with Gasteiger partial charge in [0.1, 0.15) is 0 Å². The second-order valence-corrected chi connectivity index (χ2v) is 4.01. The van der Waals surface area contributed by atoms with E-state index in [9.17, 15) is 4.79 Å². The van der Waals surface area contributed by atoms with E-state index in [-0.39, 0.29) is 0 Å². The number of hydrogen-bond acceptors (Lipinski definition) is 1. The lowest BCUT2D eigenvalue weighted by atomic mass is 9.88. The van der Waals surface area contributed by atoms with Gasteiger partial charge in [-0.05, 0) is 40.5 Å². The monoisotopic (exact) mass is 170 g/mol. The zero-order valence-electron chi connectivity index (χ0n) is 8.35. The Morgan fingerprint density at radius 1 is 1.42 bits per heavy atom. The minimum atomic E-state index is -0.718. The molecule has 0 radical (unpaired) electrons. The molecule has 0 aromatic carbocycles. The molecule has 0 amide bonds. The van der Waals surface area contributed by atoms with Gasteiger partial charge in [-0.15, -0.1) is 0 Å². The second kappa shape index (κ2) is 4.29. The lowest BCUT2D eigenvalue weighted by Crippen LogP contribution is -2.23. The Kier molecular flexibility index (Phi) is 4.01. The Balaban J connectivity index is 3.93. The molecule has 1 N–H and O–H groups in total. The van der Waals surface area contributed by atoms with E-state index in [1.165, 1.54) is 5.57 Å². The summed E-state index contributed by atoms with van der Waals surface area (Å²) in [5.74, 6) is -0.718. The van der Waals surface area contributed by atoms with E-state index < -0.39 is 11.4 Å². The fourth-order valence-corrected chi connectivity index (χ4v) is 0.829. The van der Waals surface area contributed by atoms with Gasteiger partial charge in [0.25, 0.3) is 0 Å². The summed E-state index contributed by atoms with van der Waals surface area (Å²) in [6.07, 6.45) is 3.62. The van der Waals surface area contributed by atoms with Crippen molar-refractivity contribution in [2.24, 2.45) is 5.41 Å².